The van der Waals surface area contributed by atoms with E-state index in [9.17, 15) is 15.0 Å². The second-order valence-electron chi connectivity index (χ2n) is 4.19. The standard InChI is InChI=1S/C12H14BrNO4/c1-18-11-4-7(13)2-3-8(11)12(17)14-5-9(15)10(16)6-14/h2-4,9-10,15-16H,5-6H2,1H3. The predicted molar refractivity (Wildman–Crippen MR) is 68.6 cm³/mol. The Balaban J connectivity index is 2.24. The van der Waals surface area contributed by atoms with Gasteiger partial charge in [0.2, 0.25) is 0 Å². The Labute approximate surface area is 113 Å². The van der Waals surface area contributed by atoms with Crippen LogP contribution in [-0.2, 0) is 0 Å². The second kappa shape index (κ2) is 5.26. The van der Waals surface area contributed by atoms with Gasteiger partial charge in [0.15, 0.2) is 0 Å². The molecule has 2 atom stereocenters. The van der Waals surface area contributed by atoms with Gasteiger partial charge in [-0.3, -0.25) is 4.79 Å². The van der Waals surface area contributed by atoms with Crippen LogP contribution < -0.4 is 4.74 Å². The molecule has 1 amide bonds. The van der Waals surface area contributed by atoms with Crippen molar-refractivity contribution in [2.75, 3.05) is 20.2 Å². The third-order valence-corrected chi connectivity index (χ3v) is 3.43. The Morgan fingerprint density at radius 2 is 2.00 bits per heavy atom. The van der Waals surface area contributed by atoms with Crippen molar-refractivity contribution < 1.29 is 19.7 Å². The van der Waals surface area contributed by atoms with Crippen LogP contribution in [0.25, 0.3) is 0 Å². The molecule has 1 aromatic carbocycles. The number of β-amino-alcohol motifs (C(OH)–C–C–N with tert-alkyl or cyclic N) is 2. The Morgan fingerprint density at radius 3 is 2.56 bits per heavy atom. The molecule has 0 spiro atoms. The summed E-state index contributed by atoms with van der Waals surface area (Å²) in [5, 5.41) is 18.9. The molecular weight excluding hydrogens is 302 g/mol. The van der Waals surface area contributed by atoms with Crippen molar-refractivity contribution in [1.82, 2.24) is 4.90 Å². The second-order valence-corrected chi connectivity index (χ2v) is 5.11. The van der Waals surface area contributed by atoms with Gasteiger partial charge in [0.05, 0.1) is 24.9 Å². The SMILES string of the molecule is COc1cc(Br)ccc1C(=O)N1CC(O)C(O)C1. The summed E-state index contributed by atoms with van der Waals surface area (Å²) in [6, 6.07) is 5.11. The third kappa shape index (κ3) is 2.50. The van der Waals surface area contributed by atoms with Crippen LogP contribution in [0.4, 0.5) is 0 Å². The van der Waals surface area contributed by atoms with E-state index in [2.05, 4.69) is 15.9 Å². The molecule has 98 valence electrons. The summed E-state index contributed by atoms with van der Waals surface area (Å²) < 4.78 is 5.98. The summed E-state index contributed by atoms with van der Waals surface area (Å²) >= 11 is 3.30. The number of hydrogen-bond donors (Lipinski definition) is 2. The van der Waals surface area contributed by atoms with E-state index in [1.165, 1.54) is 12.0 Å². The van der Waals surface area contributed by atoms with Gasteiger partial charge in [0, 0.05) is 17.6 Å². The fraction of sp³-hybridized carbons (Fsp3) is 0.417. The molecule has 1 aliphatic rings. The summed E-state index contributed by atoms with van der Waals surface area (Å²) in [5.74, 6) is 0.209. The molecule has 2 N–H and O–H groups in total. The number of ether oxygens (including phenoxy) is 1. The highest BCUT2D eigenvalue weighted by molar-refractivity contribution is 9.10. The highest BCUT2D eigenvalue weighted by atomic mass is 79.9. The molecule has 6 heteroatoms. The predicted octanol–water partition coefficient (Wildman–Crippen LogP) is 0.635. The van der Waals surface area contributed by atoms with Gasteiger partial charge >= 0.3 is 0 Å². The zero-order chi connectivity index (χ0) is 13.3. The van der Waals surface area contributed by atoms with E-state index < -0.39 is 12.2 Å². The Hall–Kier alpha value is -1.11. The molecule has 1 aromatic rings. The highest BCUT2D eigenvalue weighted by Crippen LogP contribution is 2.26. The first-order valence-corrected chi connectivity index (χ1v) is 6.31. The molecule has 2 unspecified atom stereocenters. The van der Waals surface area contributed by atoms with E-state index in [0.717, 1.165) is 4.47 Å². The van der Waals surface area contributed by atoms with Gasteiger partial charge in [-0.15, -0.1) is 0 Å². The number of carbonyl (C=O) groups is 1. The zero-order valence-corrected chi connectivity index (χ0v) is 11.4. The molecule has 1 aliphatic heterocycles. The maximum atomic E-state index is 12.2. The number of benzene rings is 1. The number of aliphatic hydroxyl groups excluding tert-OH is 2. The Kier molecular flexibility index (Phi) is 3.89. The number of amides is 1. The Bertz CT molecular complexity index is 455. The third-order valence-electron chi connectivity index (χ3n) is 2.94. The molecule has 1 heterocycles. The molecule has 18 heavy (non-hydrogen) atoms. The van der Waals surface area contributed by atoms with Crippen molar-refractivity contribution in [1.29, 1.82) is 0 Å². The van der Waals surface area contributed by atoms with Gasteiger partial charge in [0.1, 0.15) is 5.75 Å². The lowest BCUT2D eigenvalue weighted by Crippen LogP contribution is -2.30. The number of carbonyl (C=O) groups excluding carboxylic acids is 1. The van der Waals surface area contributed by atoms with Gasteiger partial charge in [-0.1, -0.05) is 15.9 Å². The van der Waals surface area contributed by atoms with Crippen LogP contribution in [0.2, 0.25) is 0 Å². The minimum absolute atomic E-state index is 0.138. The van der Waals surface area contributed by atoms with Gasteiger partial charge in [-0.05, 0) is 18.2 Å². The number of halogens is 1. The number of nitrogens with zero attached hydrogens (tertiary/aromatic N) is 1. The smallest absolute Gasteiger partial charge is 0.257 e. The monoisotopic (exact) mass is 315 g/mol. The van der Waals surface area contributed by atoms with E-state index in [1.807, 2.05) is 0 Å². The van der Waals surface area contributed by atoms with Gasteiger partial charge in [-0.2, -0.15) is 0 Å². The molecule has 0 aromatic heterocycles. The van der Waals surface area contributed by atoms with Gasteiger partial charge in [0.25, 0.3) is 5.91 Å². The van der Waals surface area contributed by atoms with Crippen LogP contribution in [0.3, 0.4) is 0 Å². The minimum Gasteiger partial charge on any atom is -0.496 e. The molecule has 2 rings (SSSR count). The molecule has 5 nitrogen and oxygen atoms in total. The van der Waals surface area contributed by atoms with Crippen molar-refractivity contribution >= 4 is 21.8 Å². The highest BCUT2D eigenvalue weighted by Gasteiger charge is 2.33. The first-order chi connectivity index (χ1) is 8.52. The van der Waals surface area contributed by atoms with Crippen LogP contribution >= 0.6 is 15.9 Å². The summed E-state index contributed by atoms with van der Waals surface area (Å²) in [7, 11) is 1.49. The van der Waals surface area contributed by atoms with E-state index >= 15 is 0 Å². The Morgan fingerprint density at radius 1 is 1.39 bits per heavy atom. The minimum atomic E-state index is -0.879. The fourth-order valence-corrected chi connectivity index (χ4v) is 2.29. The zero-order valence-electron chi connectivity index (χ0n) is 9.84. The van der Waals surface area contributed by atoms with Crippen LogP contribution in [-0.4, -0.2) is 53.4 Å². The maximum absolute atomic E-state index is 12.2. The maximum Gasteiger partial charge on any atom is 0.257 e. The average molecular weight is 316 g/mol. The van der Waals surface area contributed by atoms with Crippen LogP contribution in [0.15, 0.2) is 22.7 Å². The van der Waals surface area contributed by atoms with Gasteiger partial charge < -0.3 is 19.8 Å². The van der Waals surface area contributed by atoms with Crippen molar-refractivity contribution in [3.63, 3.8) is 0 Å². The lowest BCUT2D eigenvalue weighted by atomic mass is 10.2. The topological polar surface area (TPSA) is 70.0 Å². The summed E-state index contributed by atoms with van der Waals surface area (Å²) in [5.41, 5.74) is 0.419. The average Bonchev–Trinajstić information content (AvgIpc) is 2.68. The van der Waals surface area contributed by atoms with Gasteiger partial charge in [-0.25, -0.2) is 0 Å². The van der Waals surface area contributed by atoms with E-state index in [4.69, 9.17) is 4.74 Å². The van der Waals surface area contributed by atoms with Crippen LogP contribution in [0.5, 0.6) is 5.75 Å². The normalized spacial score (nSPS) is 23.2. The van der Waals surface area contributed by atoms with E-state index in [1.54, 1.807) is 18.2 Å². The molecule has 1 saturated heterocycles. The van der Waals surface area contributed by atoms with Crippen molar-refractivity contribution in [2.45, 2.75) is 12.2 Å². The summed E-state index contributed by atoms with van der Waals surface area (Å²) in [6.07, 6.45) is -1.76. The van der Waals surface area contributed by atoms with E-state index in [0.29, 0.717) is 11.3 Å². The summed E-state index contributed by atoms with van der Waals surface area (Å²) in [6.45, 7) is 0.276. The molecule has 0 aliphatic carbocycles. The number of methoxy groups -OCH3 is 1. The lowest BCUT2D eigenvalue weighted by Gasteiger charge is -2.17. The first-order valence-electron chi connectivity index (χ1n) is 5.52. The number of rotatable bonds is 2. The van der Waals surface area contributed by atoms with Crippen molar-refractivity contribution in [3.8, 4) is 5.75 Å². The molecule has 0 saturated carbocycles. The molecule has 1 fully saturated rings. The van der Waals surface area contributed by atoms with Crippen molar-refractivity contribution in [2.24, 2.45) is 0 Å². The fourth-order valence-electron chi connectivity index (χ4n) is 1.95. The quantitative estimate of drug-likeness (QED) is 0.840. The first kappa shape index (κ1) is 13.3. The number of aliphatic hydroxyl groups is 2. The number of likely N-dealkylation sites (tertiary alicyclic amines) is 1. The van der Waals surface area contributed by atoms with Crippen LogP contribution in [0, 0.1) is 0 Å². The van der Waals surface area contributed by atoms with E-state index in [-0.39, 0.29) is 19.0 Å². The molecule has 0 bridgehead atoms. The number of hydrogen-bond acceptors (Lipinski definition) is 4. The molecule has 0 radical (unpaired) electrons. The molecular formula is C12H14BrNO4. The largest absolute Gasteiger partial charge is 0.496 e. The van der Waals surface area contributed by atoms with Crippen molar-refractivity contribution in [3.05, 3.63) is 28.2 Å². The van der Waals surface area contributed by atoms with Crippen LogP contribution in [0.1, 0.15) is 10.4 Å². The lowest BCUT2D eigenvalue weighted by molar-refractivity contribution is 0.0572. The summed E-state index contributed by atoms with van der Waals surface area (Å²) in [4.78, 5) is 13.7.